The first kappa shape index (κ1) is 15.8. The summed E-state index contributed by atoms with van der Waals surface area (Å²) in [6.45, 7) is 8.37. The zero-order valence-corrected chi connectivity index (χ0v) is 14.4. The molecule has 0 saturated heterocycles. The monoisotopic (exact) mass is 348 g/mol. The number of carbonyl (C=O) groups excluding carboxylic acids is 1. The van der Waals surface area contributed by atoms with E-state index in [2.05, 4.69) is 55.0 Å². The summed E-state index contributed by atoms with van der Waals surface area (Å²) >= 11 is 3.44. The molecule has 0 aliphatic rings. The maximum absolute atomic E-state index is 12.6. The molecule has 2 aromatic rings. The minimum Gasteiger partial charge on any atom is -0.340 e. The number of rotatable bonds is 4. The van der Waals surface area contributed by atoms with Crippen LogP contribution in [0.2, 0.25) is 0 Å². The van der Waals surface area contributed by atoms with Gasteiger partial charge in [-0.1, -0.05) is 32.0 Å². The highest BCUT2D eigenvalue weighted by molar-refractivity contribution is 9.10. The maximum Gasteiger partial charge on any atom is 0.272 e. The number of hydrogen-bond donors (Lipinski definition) is 1. The highest BCUT2D eigenvalue weighted by Crippen LogP contribution is 2.25. The third-order valence-corrected chi connectivity index (χ3v) is 3.87. The van der Waals surface area contributed by atoms with Gasteiger partial charge in [-0.2, -0.15) is 0 Å². The van der Waals surface area contributed by atoms with Crippen LogP contribution in [-0.2, 0) is 0 Å². The van der Waals surface area contributed by atoms with Crippen molar-refractivity contribution < 1.29 is 4.79 Å². The van der Waals surface area contributed by atoms with Crippen molar-refractivity contribution >= 4 is 27.5 Å². The van der Waals surface area contributed by atoms with Gasteiger partial charge in [0.25, 0.3) is 5.91 Å². The first-order valence-electron chi connectivity index (χ1n) is 7.17. The lowest BCUT2D eigenvalue weighted by atomic mass is 10.0. The van der Waals surface area contributed by atoms with E-state index in [4.69, 9.17) is 0 Å². The third kappa shape index (κ3) is 3.56. The van der Waals surface area contributed by atoms with Crippen molar-refractivity contribution in [2.24, 2.45) is 0 Å². The quantitative estimate of drug-likeness (QED) is 0.808. The minimum absolute atomic E-state index is 0.0810. The zero-order valence-electron chi connectivity index (χ0n) is 12.9. The Morgan fingerprint density at radius 2 is 1.86 bits per heavy atom. The number of hydrogen-bond acceptors (Lipinski definition) is 1. The molecule has 1 aromatic carbocycles. The first-order valence-corrected chi connectivity index (χ1v) is 7.97. The summed E-state index contributed by atoms with van der Waals surface area (Å²) < 4.78 is 2.88. The van der Waals surface area contributed by atoms with Crippen LogP contribution in [0.15, 0.2) is 41.0 Å². The average molecular weight is 349 g/mol. The smallest absolute Gasteiger partial charge is 0.272 e. The maximum atomic E-state index is 12.6. The van der Waals surface area contributed by atoms with Crippen molar-refractivity contribution in [2.75, 3.05) is 5.32 Å². The molecule has 0 unspecified atom stereocenters. The van der Waals surface area contributed by atoms with Crippen molar-refractivity contribution in [3.05, 3.63) is 52.3 Å². The molecule has 1 heterocycles. The van der Waals surface area contributed by atoms with Gasteiger partial charge in [-0.05, 0) is 53.4 Å². The van der Waals surface area contributed by atoms with E-state index in [0.717, 1.165) is 15.7 Å². The number of aromatic nitrogens is 1. The summed E-state index contributed by atoms with van der Waals surface area (Å²) in [6, 6.07) is 10.0. The van der Waals surface area contributed by atoms with Gasteiger partial charge in [0.15, 0.2) is 0 Å². The van der Waals surface area contributed by atoms with E-state index in [0.29, 0.717) is 11.6 Å². The molecule has 0 radical (unpaired) electrons. The second kappa shape index (κ2) is 6.48. The summed E-state index contributed by atoms with van der Waals surface area (Å²) in [7, 11) is 0. The van der Waals surface area contributed by atoms with Crippen molar-refractivity contribution in [3.8, 4) is 0 Å². The topological polar surface area (TPSA) is 34.0 Å². The van der Waals surface area contributed by atoms with E-state index in [1.807, 2.05) is 35.0 Å². The molecule has 0 saturated carbocycles. The van der Waals surface area contributed by atoms with E-state index >= 15 is 0 Å². The van der Waals surface area contributed by atoms with Crippen LogP contribution < -0.4 is 5.32 Å². The molecule has 21 heavy (non-hydrogen) atoms. The predicted molar refractivity (Wildman–Crippen MR) is 91.0 cm³/mol. The summed E-state index contributed by atoms with van der Waals surface area (Å²) in [4.78, 5) is 12.6. The first-order chi connectivity index (χ1) is 9.90. The van der Waals surface area contributed by atoms with Gasteiger partial charge in [-0.25, -0.2) is 0 Å². The zero-order chi connectivity index (χ0) is 15.6. The molecule has 4 heteroatoms. The number of para-hydroxylation sites is 1. The van der Waals surface area contributed by atoms with Crippen molar-refractivity contribution in [1.82, 2.24) is 4.57 Å². The molecular weight excluding hydrogens is 328 g/mol. The Bertz CT molecular complexity index is 644. The molecule has 1 N–H and O–H groups in total. The van der Waals surface area contributed by atoms with E-state index in [9.17, 15) is 4.79 Å². The van der Waals surface area contributed by atoms with Crippen molar-refractivity contribution in [3.63, 3.8) is 0 Å². The predicted octanol–water partition coefficient (Wildman–Crippen LogP) is 5.21. The van der Waals surface area contributed by atoms with Crippen LogP contribution in [0.25, 0.3) is 0 Å². The molecule has 1 amide bonds. The Labute approximate surface area is 134 Å². The molecule has 0 bridgehead atoms. The third-order valence-electron chi connectivity index (χ3n) is 3.44. The van der Waals surface area contributed by atoms with Crippen LogP contribution in [0.1, 0.15) is 55.7 Å². The summed E-state index contributed by atoms with van der Waals surface area (Å²) in [6.07, 6.45) is 1.94. The highest BCUT2D eigenvalue weighted by atomic mass is 79.9. The van der Waals surface area contributed by atoms with Crippen molar-refractivity contribution in [1.29, 1.82) is 0 Å². The molecule has 0 aliphatic carbocycles. The lowest BCUT2D eigenvalue weighted by Gasteiger charge is -2.16. The number of halogens is 1. The Balaban J connectivity index is 2.31. The average Bonchev–Trinajstić information content (AvgIpc) is 2.81. The normalized spacial score (nSPS) is 11.2. The van der Waals surface area contributed by atoms with E-state index in [-0.39, 0.29) is 11.9 Å². The van der Waals surface area contributed by atoms with E-state index < -0.39 is 0 Å². The van der Waals surface area contributed by atoms with Crippen LogP contribution in [0.3, 0.4) is 0 Å². The summed E-state index contributed by atoms with van der Waals surface area (Å²) in [5.41, 5.74) is 2.69. The second-order valence-electron chi connectivity index (χ2n) is 5.74. The standard InChI is InChI=1S/C17H21BrN2O/c1-11(2)14-7-5-6-8-15(14)19-17(21)16-9-13(18)10-20(16)12(3)4/h5-12H,1-4H3,(H,19,21). The number of benzene rings is 1. The van der Waals surface area contributed by atoms with Gasteiger partial charge in [-0.3, -0.25) is 4.79 Å². The van der Waals surface area contributed by atoms with Crippen LogP contribution in [0.5, 0.6) is 0 Å². The molecule has 112 valence electrons. The second-order valence-corrected chi connectivity index (χ2v) is 6.66. The number of carbonyl (C=O) groups is 1. The SMILES string of the molecule is CC(C)c1ccccc1NC(=O)c1cc(Br)cn1C(C)C. The number of nitrogens with one attached hydrogen (secondary N) is 1. The Hall–Kier alpha value is -1.55. The Morgan fingerprint density at radius 1 is 1.19 bits per heavy atom. The summed E-state index contributed by atoms with van der Waals surface area (Å²) in [5, 5.41) is 3.04. The molecule has 0 aliphatic heterocycles. The van der Waals surface area contributed by atoms with Crippen molar-refractivity contribution in [2.45, 2.75) is 39.7 Å². The highest BCUT2D eigenvalue weighted by Gasteiger charge is 2.16. The number of nitrogens with zero attached hydrogens (tertiary/aromatic N) is 1. The van der Waals surface area contributed by atoms with Crippen LogP contribution in [-0.4, -0.2) is 10.5 Å². The molecule has 0 fully saturated rings. The lowest BCUT2D eigenvalue weighted by Crippen LogP contribution is -2.18. The molecular formula is C17H21BrN2O. The van der Waals surface area contributed by atoms with Gasteiger partial charge in [0.1, 0.15) is 5.69 Å². The lowest BCUT2D eigenvalue weighted by molar-refractivity contribution is 0.101. The Morgan fingerprint density at radius 3 is 2.48 bits per heavy atom. The van der Waals surface area contributed by atoms with Gasteiger partial charge in [-0.15, -0.1) is 0 Å². The number of anilines is 1. The fourth-order valence-corrected chi connectivity index (χ4v) is 2.79. The van der Waals surface area contributed by atoms with Gasteiger partial charge in [0.05, 0.1) is 0 Å². The van der Waals surface area contributed by atoms with Gasteiger partial charge >= 0.3 is 0 Å². The fourth-order valence-electron chi connectivity index (χ4n) is 2.36. The minimum atomic E-state index is -0.0810. The molecule has 2 rings (SSSR count). The number of amides is 1. The van der Waals surface area contributed by atoms with E-state index in [1.165, 1.54) is 0 Å². The van der Waals surface area contributed by atoms with Gasteiger partial charge < -0.3 is 9.88 Å². The fraction of sp³-hybridized carbons (Fsp3) is 0.353. The largest absolute Gasteiger partial charge is 0.340 e. The van der Waals surface area contributed by atoms with E-state index in [1.54, 1.807) is 0 Å². The van der Waals surface area contributed by atoms with Crippen LogP contribution >= 0.6 is 15.9 Å². The van der Waals surface area contributed by atoms with Crippen LogP contribution in [0.4, 0.5) is 5.69 Å². The molecule has 0 atom stereocenters. The molecule has 1 aromatic heterocycles. The van der Waals surface area contributed by atoms with Gasteiger partial charge in [0.2, 0.25) is 0 Å². The van der Waals surface area contributed by atoms with Gasteiger partial charge in [0, 0.05) is 22.4 Å². The van der Waals surface area contributed by atoms with Crippen LogP contribution in [0, 0.1) is 0 Å². The molecule has 0 spiro atoms. The molecule has 3 nitrogen and oxygen atoms in total. The Kier molecular flexibility index (Phi) is 4.88. The summed E-state index contributed by atoms with van der Waals surface area (Å²) in [5.74, 6) is 0.285.